The summed E-state index contributed by atoms with van der Waals surface area (Å²) in [6, 6.07) is 14.4. The minimum Gasteiger partial charge on any atom is -0.287 e. The fourth-order valence-corrected chi connectivity index (χ4v) is 5.90. The van der Waals surface area contributed by atoms with E-state index in [1.54, 1.807) is 18.2 Å². The lowest BCUT2D eigenvalue weighted by atomic mass is 9.81. The van der Waals surface area contributed by atoms with Crippen LogP contribution in [0.25, 0.3) is 5.69 Å². The van der Waals surface area contributed by atoms with Crippen LogP contribution in [0.4, 0.5) is 8.78 Å². The average molecular weight is 556 g/mol. The molecule has 1 aromatic heterocycles. The number of hydrogen-bond donors (Lipinski definition) is 0. The summed E-state index contributed by atoms with van der Waals surface area (Å²) in [6.45, 7) is 3.74. The quantitative estimate of drug-likeness (QED) is 0.249. The van der Waals surface area contributed by atoms with E-state index in [2.05, 4.69) is 4.98 Å². The summed E-state index contributed by atoms with van der Waals surface area (Å²) in [6.07, 6.45) is 1.43. The summed E-state index contributed by atoms with van der Waals surface area (Å²) in [5.74, 6) is -1.93. The molecule has 0 aliphatic heterocycles. The van der Waals surface area contributed by atoms with Crippen molar-refractivity contribution in [3.05, 3.63) is 110 Å². The molecule has 0 radical (unpaired) electrons. The van der Waals surface area contributed by atoms with E-state index in [0.29, 0.717) is 21.4 Å². The van der Waals surface area contributed by atoms with Crippen LogP contribution >= 0.6 is 34.8 Å². The molecule has 0 aliphatic carbocycles. The zero-order valence-electron chi connectivity index (χ0n) is 18.6. The average Bonchev–Trinajstić information content (AvgIpc) is 3.26. The van der Waals surface area contributed by atoms with Gasteiger partial charge in [0.1, 0.15) is 11.6 Å². The summed E-state index contributed by atoms with van der Waals surface area (Å²) in [7, 11) is -4.20. The van der Waals surface area contributed by atoms with Gasteiger partial charge < -0.3 is 0 Å². The van der Waals surface area contributed by atoms with E-state index in [9.17, 15) is 17.2 Å². The number of imidazole rings is 1. The number of rotatable bonds is 6. The molecule has 35 heavy (non-hydrogen) atoms. The standard InChI is InChI=1S/C25H19Cl3F2N2O2S/c1-25(2,15-6-11-20(27)21(28)12-15)23-13-31-24(32(23)17-9-7-16(29)8-10-17)35(33,34)14-18-19(26)4-3-5-22(18)30/h3-13H,14H2,1-2H3. The first kappa shape index (κ1) is 25.6. The Balaban J connectivity index is 1.92. The molecule has 3 aromatic carbocycles. The number of sulfone groups is 1. The zero-order chi connectivity index (χ0) is 25.5. The van der Waals surface area contributed by atoms with E-state index in [0.717, 1.165) is 11.6 Å². The lowest BCUT2D eigenvalue weighted by molar-refractivity contribution is 0.564. The molecule has 4 nitrogen and oxygen atoms in total. The zero-order valence-corrected chi connectivity index (χ0v) is 21.7. The molecule has 0 amide bonds. The van der Waals surface area contributed by atoms with E-state index in [4.69, 9.17) is 34.8 Å². The molecule has 182 valence electrons. The van der Waals surface area contributed by atoms with Crippen LogP contribution in [0, 0.1) is 11.6 Å². The molecular formula is C25H19Cl3F2N2O2S. The van der Waals surface area contributed by atoms with Crippen molar-refractivity contribution in [2.24, 2.45) is 0 Å². The summed E-state index contributed by atoms with van der Waals surface area (Å²) in [4.78, 5) is 4.23. The van der Waals surface area contributed by atoms with Crippen LogP contribution in [0.2, 0.25) is 15.1 Å². The van der Waals surface area contributed by atoms with E-state index in [1.165, 1.54) is 47.2 Å². The highest BCUT2D eigenvalue weighted by Gasteiger charge is 2.34. The van der Waals surface area contributed by atoms with Crippen molar-refractivity contribution >= 4 is 44.6 Å². The van der Waals surface area contributed by atoms with Crippen molar-refractivity contribution in [2.75, 3.05) is 0 Å². The Kier molecular flexibility index (Phi) is 6.99. The van der Waals surface area contributed by atoms with Gasteiger partial charge in [-0.05, 0) is 54.1 Å². The third-order valence-electron chi connectivity index (χ3n) is 5.77. The van der Waals surface area contributed by atoms with Crippen molar-refractivity contribution < 1.29 is 17.2 Å². The first-order chi connectivity index (χ1) is 16.4. The maximum absolute atomic E-state index is 14.4. The van der Waals surface area contributed by atoms with E-state index >= 15 is 0 Å². The Morgan fingerprint density at radius 3 is 2.23 bits per heavy atom. The van der Waals surface area contributed by atoms with Gasteiger partial charge in [-0.3, -0.25) is 4.57 Å². The topological polar surface area (TPSA) is 52.0 Å². The van der Waals surface area contributed by atoms with Gasteiger partial charge in [-0.15, -0.1) is 0 Å². The molecule has 0 atom stereocenters. The fraction of sp³-hybridized carbons (Fsp3) is 0.160. The van der Waals surface area contributed by atoms with Crippen LogP contribution < -0.4 is 0 Å². The Morgan fingerprint density at radius 2 is 1.60 bits per heavy atom. The third-order valence-corrected chi connectivity index (χ3v) is 8.38. The van der Waals surface area contributed by atoms with Crippen molar-refractivity contribution in [1.29, 1.82) is 0 Å². The number of benzene rings is 3. The lowest BCUT2D eigenvalue weighted by Crippen LogP contribution is -2.24. The monoisotopic (exact) mass is 554 g/mol. The Hall–Kier alpha value is -2.45. The summed E-state index contributed by atoms with van der Waals surface area (Å²) in [5.41, 5.74) is 0.634. The summed E-state index contributed by atoms with van der Waals surface area (Å²) in [5, 5.41) is 0.381. The third kappa shape index (κ3) is 4.96. The number of nitrogens with zero attached hydrogens (tertiary/aromatic N) is 2. The highest BCUT2D eigenvalue weighted by atomic mass is 35.5. The summed E-state index contributed by atoms with van der Waals surface area (Å²) < 4.78 is 56.6. The molecule has 10 heteroatoms. The van der Waals surface area contributed by atoms with Crippen LogP contribution in [0.3, 0.4) is 0 Å². The Bertz CT molecular complexity index is 1500. The maximum atomic E-state index is 14.4. The van der Waals surface area contributed by atoms with E-state index in [1.807, 2.05) is 13.8 Å². The molecule has 0 saturated carbocycles. The van der Waals surface area contributed by atoms with Crippen molar-refractivity contribution in [3.63, 3.8) is 0 Å². The van der Waals surface area contributed by atoms with Gasteiger partial charge in [0.25, 0.3) is 0 Å². The molecule has 0 bridgehead atoms. The molecule has 0 spiro atoms. The van der Waals surface area contributed by atoms with Gasteiger partial charge in [0.2, 0.25) is 15.0 Å². The molecule has 4 aromatic rings. The Labute approximate surface area is 217 Å². The first-order valence-corrected chi connectivity index (χ1v) is 13.2. The molecule has 4 rings (SSSR count). The van der Waals surface area contributed by atoms with E-state index in [-0.39, 0.29) is 15.7 Å². The van der Waals surface area contributed by atoms with Gasteiger partial charge in [0.05, 0.1) is 27.7 Å². The highest BCUT2D eigenvalue weighted by Crippen LogP contribution is 2.38. The van der Waals surface area contributed by atoms with Gasteiger partial charge in [-0.25, -0.2) is 22.2 Å². The second kappa shape index (κ2) is 9.54. The number of hydrogen-bond acceptors (Lipinski definition) is 3. The van der Waals surface area contributed by atoms with Crippen molar-refractivity contribution in [3.8, 4) is 5.69 Å². The van der Waals surface area contributed by atoms with Crippen LogP contribution in [-0.2, 0) is 21.0 Å². The van der Waals surface area contributed by atoms with Gasteiger partial charge in [0, 0.05) is 21.7 Å². The minimum absolute atomic E-state index is 0.00942. The van der Waals surface area contributed by atoms with Crippen molar-refractivity contribution in [2.45, 2.75) is 30.2 Å². The molecule has 0 fully saturated rings. The second-order valence-corrected chi connectivity index (χ2v) is 11.6. The maximum Gasteiger partial charge on any atom is 0.232 e. The smallest absolute Gasteiger partial charge is 0.232 e. The van der Waals surface area contributed by atoms with Crippen molar-refractivity contribution in [1.82, 2.24) is 9.55 Å². The van der Waals surface area contributed by atoms with Crippen LogP contribution in [-0.4, -0.2) is 18.0 Å². The Morgan fingerprint density at radius 1 is 0.914 bits per heavy atom. The van der Waals surface area contributed by atoms with Gasteiger partial charge in [-0.1, -0.05) is 60.8 Å². The molecular weight excluding hydrogens is 537 g/mol. The van der Waals surface area contributed by atoms with Crippen LogP contribution in [0.5, 0.6) is 0 Å². The van der Waals surface area contributed by atoms with Crippen LogP contribution in [0.1, 0.15) is 30.7 Å². The molecule has 0 N–H and O–H groups in total. The molecule has 0 unspecified atom stereocenters. The first-order valence-electron chi connectivity index (χ1n) is 10.4. The minimum atomic E-state index is -4.20. The normalized spacial score (nSPS) is 12.2. The largest absolute Gasteiger partial charge is 0.287 e. The molecule has 1 heterocycles. The van der Waals surface area contributed by atoms with Gasteiger partial charge in [0.15, 0.2) is 0 Å². The number of aromatic nitrogens is 2. The lowest BCUT2D eigenvalue weighted by Gasteiger charge is -2.28. The highest BCUT2D eigenvalue weighted by molar-refractivity contribution is 7.90. The SMILES string of the molecule is CC(C)(c1ccc(Cl)c(Cl)c1)c1cnc(S(=O)(=O)Cc2c(F)cccc2Cl)n1-c1ccc(F)cc1. The van der Waals surface area contributed by atoms with Gasteiger partial charge in [-0.2, -0.15) is 0 Å². The fourth-order valence-electron chi connectivity index (χ4n) is 3.79. The molecule has 0 aliphatic rings. The summed E-state index contributed by atoms with van der Waals surface area (Å²) >= 11 is 18.4. The predicted molar refractivity (Wildman–Crippen MR) is 134 cm³/mol. The van der Waals surface area contributed by atoms with Crippen LogP contribution in [0.15, 0.2) is 72.0 Å². The molecule has 0 saturated heterocycles. The van der Waals surface area contributed by atoms with Gasteiger partial charge >= 0.3 is 0 Å². The number of halogens is 5. The van der Waals surface area contributed by atoms with E-state index < -0.39 is 32.6 Å². The second-order valence-electron chi connectivity index (χ2n) is 8.45. The predicted octanol–water partition coefficient (Wildman–Crippen LogP) is 7.41.